The first-order chi connectivity index (χ1) is 40.9. The number of benzene rings is 6. The molecule has 1 aromatic heterocycles. The number of ketones is 2. The number of rotatable bonds is 31. The summed E-state index contributed by atoms with van der Waals surface area (Å²) >= 11 is 0.960. The van der Waals surface area contributed by atoms with Crippen LogP contribution >= 0.6 is 11.3 Å². The van der Waals surface area contributed by atoms with E-state index in [0.29, 0.717) is 18.6 Å². The molecule has 0 radical (unpaired) electrons. The first-order valence-electron chi connectivity index (χ1n) is 27.2. The number of thiazole rings is 1. The summed E-state index contributed by atoms with van der Waals surface area (Å²) in [6, 6.07) is 46.8. The molecule has 1 aliphatic heterocycles. The van der Waals surface area contributed by atoms with Gasteiger partial charge in [-0.3, -0.25) is 28.5 Å². The number of β-lactam (4-membered cyclic amide) rings is 1. The first-order valence-corrected chi connectivity index (χ1v) is 29.4. The van der Waals surface area contributed by atoms with Crippen molar-refractivity contribution < 1.29 is 70.6 Å². The Morgan fingerprint density at radius 1 is 0.694 bits per heavy atom. The van der Waals surface area contributed by atoms with Crippen LogP contribution in [0.5, 0.6) is 23.0 Å². The summed E-state index contributed by atoms with van der Waals surface area (Å²) in [7, 11) is -4.90. The Labute approximate surface area is 495 Å². The van der Waals surface area contributed by atoms with Crippen LogP contribution in [0.2, 0.25) is 0 Å². The molecule has 7 aromatic rings. The van der Waals surface area contributed by atoms with Crippen molar-refractivity contribution in [2.75, 3.05) is 19.6 Å². The van der Waals surface area contributed by atoms with Crippen molar-refractivity contribution in [3.05, 3.63) is 207 Å². The number of oxime groups is 1. The number of hydrogen-bond acceptors (Lipinski definition) is 16. The Kier molecular flexibility index (Phi) is 21.0. The minimum absolute atomic E-state index is 0.0281. The third-order valence-corrected chi connectivity index (χ3v) is 15.4. The number of carboxylic acids is 1. The van der Waals surface area contributed by atoms with E-state index in [-0.39, 0.29) is 89.3 Å². The largest absolute Gasteiger partial charge is 0.485 e. The Hall–Kier alpha value is -9.25. The maximum Gasteiger partial charge on any atom is 0.362 e. The van der Waals surface area contributed by atoms with Gasteiger partial charge in [-0.25, -0.2) is 14.1 Å². The fourth-order valence-corrected chi connectivity index (χ4v) is 10.6. The zero-order valence-corrected chi connectivity index (χ0v) is 48.5. The van der Waals surface area contributed by atoms with E-state index in [1.807, 2.05) is 121 Å². The molecule has 2 heterocycles. The van der Waals surface area contributed by atoms with Crippen LogP contribution in [-0.2, 0) is 67.2 Å². The molecule has 85 heavy (non-hydrogen) atoms. The molecule has 22 heteroatoms. The molecule has 3 N–H and O–H groups in total. The summed E-state index contributed by atoms with van der Waals surface area (Å²) in [5.41, 5.74) is 1.29. The van der Waals surface area contributed by atoms with Gasteiger partial charge >= 0.3 is 16.3 Å². The summed E-state index contributed by atoms with van der Waals surface area (Å²) in [4.78, 5) is 93.1. The van der Waals surface area contributed by atoms with Crippen molar-refractivity contribution >= 4 is 62.6 Å². The predicted molar refractivity (Wildman–Crippen MR) is 315 cm³/mol. The highest BCUT2D eigenvalue weighted by Gasteiger charge is 2.51. The smallest absolute Gasteiger partial charge is 0.362 e. The summed E-state index contributed by atoms with van der Waals surface area (Å²) in [6.45, 7) is 4.09. The van der Waals surface area contributed by atoms with Gasteiger partial charge in [0.15, 0.2) is 40.3 Å². The lowest BCUT2D eigenvalue weighted by Gasteiger charge is -2.41. The van der Waals surface area contributed by atoms with Crippen molar-refractivity contribution in [3.8, 4) is 23.0 Å². The number of para-hydroxylation sites is 2. The summed E-state index contributed by atoms with van der Waals surface area (Å²) < 4.78 is 58.5. The molecule has 0 saturated carbocycles. The van der Waals surface area contributed by atoms with E-state index >= 15 is 4.79 Å². The van der Waals surface area contributed by atoms with Crippen molar-refractivity contribution in [1.29, 1.82) is 0 Å². The minimum atomic E-state index is -4.90. The third kappa shape index (κ3) is 16.7. The van der Waals surface area contributed by atoms with Gasteiger partial charge < -0.3 is 39.1 Å². The molecule has 6 aromatic carbocycles. The van der Waals surface area contributed by atoms with E-state index in [4.69, 9.17) is 23.8 Å². The summed E-state index contributed by atoms with van der Waals surface area (Å²) in [5, 5.41) is 18.1. The number of aliphatic carboxylic acids is 1. The second kappa shape index (κ2) is 28.8. The average molecular weight is 1190 g/mol. The number of nitrogens with one attached hydrogen (secondary N) is 1. The first kappa shape index (κ1) is 61.8. The number of unbranched alkanes of at least 4 members (excludes halogenated alkanes) is 1. The van der Waals surface area contributed by atoms with Crippen molar-refractivity contribution in [3.63, 3.8) is 0 Å². The molecule has 0 aliphatic carbocycles. The molecule has 1 fully saturated rings. The maximum absolute atomic E-state index is 15.1. The number of amides is 3. The Morgan fingerprint density at radius 2 is 1.19 bits per heavy atom. The second-order valence-electron chi connectivity index (χ2n) is 20.3. The molecule has 20 nitrogen and oxygen atoms in total. The lowest BCUT2D eigenvalue weighted by atomic mass is 9.86. The summed E-state index contributed by atoms with van der Waals surface area (Å²) in [5.74, 6) is -4.89. The number of ether oxygens (including phenoxy) is 4. The fourth-order valence-electron chi connectivity index (χ4n) is 8.89. The standard InChI is InChI=1S/C63H63N5O15S2/c1-42-50(61(73)68(42)85(76,77)78)35-52(70)56(66-83-63(2,3)62(74)75)51-41-84-55(65-51)34-47(69)36-67(60(72)49-29-19-31-54(80-38-44-22-10-5-11-23-44)58(49)82-40-46-26-14-7-15-27-46)33-17-16-32-64-59(71)48-28-18-30-53(79-37-43-20-8-4-9-21-43)57(48)81-39-45-24-12-6-13-25-45/h4-15,18-31,41-42,50H,16-17,32-40H2,1-3H3,(H,64,71)(H,74,75)(H,76,77,78)/b66-56-/t42-,50+/m1/s1. The number of carbonyl (C=O) groups is 6. The monoisotopic (exact) mass is 1190 g/mol. The van der Waals surface area contributed by atoms with Gasteiger partial charge in [-0.15, -0.1) is 11.3 Å². The van der Waals surface area contributed by atoms with Gasteiger partial charge in [-0.2, -0.15) is 8.42 Å². The zero-order chi connectivity index (χ0) is 60.5. The van der Waals surface area contributed by atoms with E-state index < -0.39 is 81.8 Å². The quantitative estimate of drug-likeness (QED) is 0.0120. The van der Waals surface area contributed by atoms with Crippen LogP contribution < -0.4 is 24.3 Å². The molecular weight excluding hydrogens is 1130 g/mol. The number of nitrogens with zero attached hydrogens (tertiary/aromatic N) is 4. The van der Waals surface area contributed by atoms with Crippen LogP contribution in [0.25, 0.3) is 0 Å². The van der Waals surface area contributed by atoms with Crippen LogP contribution in [0, 0.1) is 5.92 Å². The molecule has 2 atom stereocenters. The molecule has 0 unspecified atom stereocenters. The number of hydrogen-bond donors (Lipinski definition) is 3. The molecule has 0 spiro atoms. The third-order valence-electron chi connectivity index (χ3n) is 13.6. The molecule has 8 rings (SSSR count). The van der Waals surface area contributed by atoms with Crippen LogP contribution in [0.1, 0.15) is 93.7 Å². The van der Waals surface area contributed by atoms with Gasteiger partial charge in [0.05, 0.1) is 36.1 Å². The SMILES string of the molecule is C[C@@H]1[C@H](CC(=O)/C(=N\OC(C)(C)C(=O)O)c2csc(CC(=O)CN(CCCCNC(=O)c3cccc(OCc4ccccc4)c3OCc3ccccc3)C(=O)c3cccc(OCc4ccccc4)c3OCc3ccccc3)n2)C(=O)N1S(=O)(=O)O. The van der Waals surface area contributed by atoms with Crippen LogP contribution in [-0.4, -0.2) is 105 Å². The van der Waals surface area contributed by atoms with Crippen molar-refractivity contribution in [2.24, 2.45) is 11.1 Å². The van der Waals surface area contributed by atoms with E-state index in [9.17, 15) is 42.0 Å². The number of carbonyl (C=O) groups excluding carboxylic acids is 5. The normalized spacial score (nSPS) is 14.1. The van der Waals surface area contributed by atoms with Crippen molar-refractivity contribution in [2.45, 2.75) is 84.5 Å². The Balaban J connectivity index is 1.02. The second-order valence-corrected chi connectivity index (χ2v) is 22.6. The number of aromatic nitrogens is 1. The van der Waals surface area contributed by atoms with Gasteiger partial charge in [-0.1, -0.05) is 139 Å². The average Bonchev–Trinajstić information content (AvgIpc) is 4.13. The summed E-state index contributed by atoms with van der Waals surface area (Å²) in [6.07, 6.45) is -0.292. The number of Topliss-reactive ketones (excluding diaryl/α,β-unsaturated/α-hetero) is 2. The van der Waals surface area contributed by atoms with Gasteiger partial charge in [-0.05, 0) is 80.1 Å². The maximum atomic E-state index is 15.1. The van der Waals surface area contributed by atoms with Gasteiger partial charge in [0.25, 0.3) is 11.8 Å². The fraction of sp³-hybridized carbons (Fsp3) is 0.270. The van der Waals surface area contributed by atoms with Crippen LogP contribution in [0.3, 0.4) is 0 Å². The van der Waals surface area contributed by atoms with Gasteiger partial charge in [0.2, 0.25) is 11.5 Å². The van der Waals surface area contributed by atoms with Crippen LogP contribution in [0.4, 0.5) is 0 Å². The number of carboxylic acid groups (broad SMARTS) is 1. The van der Waals surface area contributed by atoms with Gasteiger partial charge in [0.1, 0.15) is 37.1 Å². The van der Waals surface area contributed by atoms with Gasteiger partial charge in [0, 0.05) is 24.9 Å². The highest BCUT2D eigenvalue weighted by Crippen LogP contribution is 2.36. The Morgan fingerprint density at radius 3 is 1.68 bits per heavy atom. The van der Waals surface area contributed by atoms with E-state index in [1.165, 1.54) is 31.1 Å². The molecule has 1 aliphatic rings. The zero-order valence-electron chi connectivity index (χ0n) is 46.8. The molecule has 0 bridgehead atoms. The molecular formula is C63H63N5O15S2. The lowest BCUT2D eigenvalue weighted by Crippen LogP contribution is -2.62. The van der Waals surface area contributed by atoms with E-state index in [0.717, 1.165) is 33.6 Å². The van der Waals surface area contributed by atoms with E-state index in [2.05, 4.69) is 15.5 Å². The van der Waals surface area contributed by atoms with Crippen molar-refractivity contribution in [1.82, 2.24) is 19.5 Å². The highest BCUT2D eigenvalue weighted by atomic mass is 32.2. The lowest BCUT2D eigenvalue weighted by molar-refractivity contribution is -0.161. The molecule has 1 saturated heterocycles. The van der Waals surface area contributed by atoms with Crippen LogP contribution in [0.15, 0.2) is 168 Å². The Bertz CT molecular complexity index is 3620. The van der Waals surface area contributed by atoms with E-state index in [1.54, 1.807) is 36.4 Å². The minimum Gasteiger partial charge on any atom is -0.485 e. The highest BCUT2D eigenvalue weighted by molar-refractivity contribution is 7.84. The molecule has 442 valence electrons. The molecule has 3 amide bonds. The predicted octanol–water partition coefficient (Wildman–Crippen LogP) is 9.12. The topological polar surface area (TPSA) is 267 Å².